The van der Waals surface area contributed by atoms with Crippen LogP contribution in [0.5, 0.6) is 11.5 Å². The van der Waals surface area contributed by atoms with Crippen molar-refractivity contribution in [2.24, 2.45) is 5.92 Å². The molecule has 12 nitrogen and oxygen atoms in total. The van der Waals surface area contributed by atoms with E-state index >= 15 is 19.2 Å². The lowest BCUT2D eigenvalue weighted by Gasteiger charge is -2.46. The normalized spacial score (nSPS) is 23.1. The van der Waals surface area contributed by atoms with Crippen molar-refractivity contribution in [3.63, 3.8) is 0 Å². The number of hydrogen-bond acceptors (Lipinski definition) is 9. The topological polar surface area (TPSA) is 138 Å². The number of carbonyl (C=O) groups excluding carboxylic acids is 4. The predicted molar refractivity (Wildman–Crippen MR) is 273 cm³/mol. The molecule has 12 heteroatoms. The molecule has 6 aromatic carbocycles. The Hall–Kier alpha value is -7.72. The summed E-state index contributed by atoms with van der Waals surface area (Å²) in [6.45, 7) is 2.49. The number of methoxy groups -OCH3 is 1. The van der Waals surface area contributed by atoms with Crippen LogP contribution in [-0.2, 0) is 24.5 Å². The Morgan fingerprint density at radius 3 is 2.03 bits per heavy atom. The standard InChI is InChI=1S/C60H58N4O8/c1-40(43-18-9-6-10-19-43)61-59(69)63-50-33-30-42(27-26-41-28-31-47(70-2)32-29-41)38-49(50)60(58(63)68)51(56(66)62-34-15-4-3-5-16-35-62)53-57(67)72-54(45-22-13-8-14-23-45)52(44-20-11-7-12-21-44)64(53)55(60)46-24-17-25-48(39-46)71-37-36-65/h6-14,17-25,28-33,38-40,51-55,65H,3-5,15-16,34-37H2,1-2H3,(H,61,69)/t40-,51+,52+,53+,54-,55-,60+/m1/s1. The first-order valence-corrected chi connectivity index (χ1v) is 24.9. The van der Waals surface area contributed by atoms with Gasteiger partial charge in [0.05, 0.1) is 43.4 Å². The number of carbonyl (C=O) groups is 4. The van der Waals surface area contributed by atoms with Gasteiger partial charge in [-0.25, -0.2) is 9.69 Å². The second-order valence-corrected chi connectivity index (χ2v) is 18.9. The van der Waals surface area contributed by atoms with Gasteiger partial charge in [-0.15, -0.1) is 0 Å². The third kappa shape index (κ3) is 8.88. The van der Waals surface area contributed by atoms with E-state index in [1.165, 1.54) is 4.90 Å². The van der Waals surface area contributed by atoms with Crippen molar-refractivity contribution in [1.82, 2.24) is 15.1 Å². The number of hydrogen-bond donors (Lipinski definition) is 2. The quantitative estimate of drug-likeness (QED) is 0.102. The number of cyclic esters (lactones) is 1. The summed E-state index contributed by atoms with van der Waals surface area (Å²) in [5.74, 6) is 4.62. The van der Waals surface area contributed by atoms with Crippen molar-refractivity contribution >= 4 is 29.5 Å². The van der Waals surface area contributed by atoms with Crippen LogP contribution in [0.15, 0.2) is 158 Å². The van der Waals surface area contributed by atoms with Crippen LogP contribution in [0.25, 0.3) is 0 Å². The van der Waals surface area contributed by atoms with Crippen LogP contribution in [-0.4, -0.2) is 78.2 Å². The molecule has 0 aromatic heterocycles. The molecule has 4 aliphatic rings. The molecule has 10 rings (SSSR count). The number of rotatable bonds is 10. The van der Waals surface area contributed by atoms with Crippen molar-refractivity contribution in [3.05, 3.63) is 197 Å². The maximum absolute atomic E-state index is 16.9. The average molecular weight is 963 g/mol. The van der Waals surface area contributed by atoms with Gasteiger partial charge in [-0.1, -0.05) is 134 Å². The van der Waals surface area contributed by atoms with Crippen molar-refractivity contribution in [2.45, 2.75) is 74.7 Å². The monoisotopic (exact) mass is 962 g/mol. The molecule has 7 atom stereocenters. The number of urea groups is 1. The van der Waals surface area contributed by atoms with Crippen molar-refractivity contribution < 1.29 is 38.5 Å². The third-order valence-corrected chi connectivity index (χ3v) is 14.7. The van der Waals surface area contributed by atoms with E-state index in [4.69, 9.17) is 14.2 Å². The third-order valence-electron chi connectivity index (χ3n) is 14.7. The molecule has 4 aliphatic heterocycles. The van der Waals surface area contributed by atoms with E-state index in [0.717, 1.165) is 54.4 Å². The molecular formula is C60H58N4O8. The molecule has 2 N–H and O–H groups in total. The zero-order chi connectivity index (χ0) is 49.8. The number of anilines is 1. The summed E-state index contributed by atoms with van der Waals surface area (Å²) in [6, 6.07) is 44.4. The maximum atomic E-state index is 16.9. The molecule has 0 saturated carbocycles. The SMILES string of the molecule is COc1ccc(C#Cc2ccc3c(c2)[C@]2(C(=O)N3C(=O)N[C@H](C)c3ccccc3)[C@H](C(=O)N3CCCCCCC3)[C@H]3C(=O)O[C@H](c4ccccc4)[C@H](c4ccccc4)N3[C@@H]2c2cccc(OCCO)c2)cc1. The predicted octanol–water partition coefficient (Wildman–Crippen LogP) is 9.40. The molecule has 3 saturated heterocycles. The minimum absolute atomic E-state index is 0.00224. The van der Waals surface area contributed by atoms with Crippen LogP contribution in [0.3, 0.4) is 0 Å². The Morgan fingerprint density at radius 1 is 0.722 bits per heavy atom. The summed E-state index contributed by atoms with van der Waals surface area (Å²) in [6.07, 6.45) is 3.53. The Morgan fingerprint density at radius 2 is 1.35 bits per heavy atom. The van der Waals surface area contributed by atoms with Gasteiger partial charge in [-0.05, 0) is 102 Å². The van der Waals surface area contributed by atoms with Gasteiger partial charge >= 0.3 is 12.0 Å². The highest BCUT2D eigenvalue weighted by molar-refractivity contribution is 6.24. The Labute approximate surface area is 420 Å². The van der Waals surface area contributed by atoms with E-state index in [-0.39, 0.29) is 24.8 Å². The summed E-state index contributed by atoms with van der Waals surface area (Å²) in [5, 5.41) is 13.0. The fourth-order valence-corrected chi connectivity index (χ4v) is 11.5. The van der Waals surface area contributed by atoms with E-state index in [2.05, 4.69) is 17.2 Å². The van der Waals surface area contributed by atoms with Gasteiger partial charge in [0.25, 0.3) is 0 Å². The summed E-state index contributed by atoms with van der Waals surface area (Å²) >= 11 is 0. The molecule has 4 heterocycles. The van der Waals surface area contributed by atoms with Crippen molar-refractivity contribution in [2.75, 3.05) is 38.3 Å². The molecule has 4 amide bonds. The highest BCUT2D eigenvalue weighted by Gasteiger charge is 2.76. The van der Waals surface area contributed by atoms with Crippen LogP contribution < -0.4 is 19.7 Å². The minimum Gasteiger partial charge on any atom is -0.497 e. The van der Waals surface area contributed by atoms with Crippen molar-refractivity contribution in [3.8, 4) is 23.3 Å². The zero-order valence-corrected chi connectivity index (χ0v) is 40.5. The van der Waals surface area contributed by atoms with Gasteiger partial charge in [0.1, 0.15) is 35.7 Å². The molecule has 72 heavy (non-hydrogen) atoms. The molecular weight excluding hydrogens is 905 g/mol. The first-order chi connectivity index (χ1) is 35.2. The number of ether oxygens (including phenoxy) is 3. The van der Waals surface area contributed by atoms with E-state index in [0.29, 0.717) is 41.3 Å². The molecule has 1 spiro atoms. The lowest BCUT2D eigenvalue weighted by molar-refractivity contribution is -0.179. The highest BCUT2D eigenvalue weighted by atomic mass is 16.6. The lowest BCUT2D eigenvalue weighted by Crippen LogP contribution is -2.57. The van der Waals surface area contributed by atoms with Crippen LogP contribution in [0.2, 0.25) is 0 Å². The number of fused-ring (bicyclic) bond motifs is 3. The minimum atomic E-state index is -1.96. The smallest absolute Gasteiger partial charge is 0.329 e. The summed E-state index contributed by atoms with van der Waals surface area (Å²) < 4.78 is 18.2. The number of aliphatic hydroxyl groups is 1. The summed E-state index contributed by atoms with van der Waals surface area (Å²) in [7, 11) is 1.60. The van der Waals surface area contributed by atoms with E-state index in [9.17, 15) is 5.11 Å². The number of benzene rings is 6. The Balaban J connectivity index is 1.27. The van der Waals surface area contributed by atoms with Gasteiger partial charge in [0.2, 0.25) is 11.8 Å². The maximum Gasteiger partial charge on any atom is 0.329 e. The molecule has 366 valence electrons. The number of nitrogens with zero attached hydrogens (tertiary/aromatic N) is 3. The van der Waals surface area contributed by atoms with Gasteiger partial charge in [-0.2, -0.15) is 0 Å². The van der Waals surface area contributed by atoms with Crippen LogP contribution >= 0.6 is 0 Å². The van der Waals surface area contributed by atoms with Gasteiger partial charge in [-0.3, -0.25) is 19.3 Å². The molecule has 6 aromatic rings. The van der Waals surface area contributed by atoms with E-state index in [1.807, 2.05) is 156 Å². The zero-order valence-electron chi connectivity index (χ0n) is 40.5. The van der Waals surface area contributed by atoms with Gasteiger partial charge < -0.3 is 29.5 Å². The highest BCUT2D eigenvalue weighted by Crippen LogP contribution is 2.66. The van der Waals surface area contributed by atoms with Crippen LogP contribution in [0, 0.1) is 17.8 Å². The second-order valence-electron chi connectivity index (χ2n) is 18.9. The first kappa shape index (κ1) is 47.9. The molecule has 3 fully saturated rings. The molecule has 0 bridgehead atoms. The van der Waals surface area contributed by atoms with E-state index < -0.39 is 59.5 Å². The fraction of sp³-hybridized carbons (Fsp3) is 0.300. The summed E-state index contributed by atoms with van der Waals surface area (Å²) in [5.41, 5.74) is 2.88. The van der Waals surface area contributed by atoms with Crippen LogP contribution in [0.4, 0.5) is 10.5 Å². The summed E-state index contributed by atoms with van der Waals surface area (Å²) in [4.78, 5) is 69.3. The van der Waals surface area contributed by atoms with Gasteiger partial charge in [0.15, 0.2) is 0 Å². The molecule has 0 unspecified atom stereocenters. The number of morpholine rings is 1. The number of nitrogens with one attached hydrogen (secondary N) is 1. The average Bonchev–Trinajstić information content (AvgIpc) is 3.86. The fourth-order valence-electron chi connectivity index (χ4n) is 11.5. The number of aliphatic hydroxyl groups excluding tert-OH is 1. The number of likely N-dealkylation sites (tertiary alicyclic amines) is 1. The lowest BCUT2D eigenvalue weighted by atomic mass is 9.64. The van der Waals surface area contributed by atoms with Crippen molar-refractivity contribution in [1.29, 1.82) is 0 Å². The molecule has 0 radical (unpaired) electrons. The number of esters is 1. The Kier molecular flexibility index (Phi) is 13.9. The number of amides is 4. The molecule has 0 aliphatic carbocycles. The van der Waals surface area contributed by atoms with E-state index in [1.54, 1.807) is 25.3 Å². The van der Waals surface area contributed by atoms with Crippen LogP contribution in [0.1, 0.15) is 102 Å². The second kappa shape index (κ2) is 20.9. The largest absolute Gasteiger partial charge is 0.497 e. The first-order valence-electron chi connectivity index (χ1n) is 24.9. The Bertz CT molecular complexity index is 2990. The number of imide groups is 1. The van der Waals surface area contributed by atoms with Gasteiger partial charge in [0, 0.05) is 24.2 Å².